The second-order valence-electron chi connectivity index (χ2n) is 4.64. The van der Waals surface area contributed by atoms with Gasteiger partial charge in [-0.05, 0) is 25.5 Å². The molecule has 5 nitrogen and oxygen atoms in total. The van der Waals surface area contributed by atoms with Gasteiger partial charge in [0.25, 0.3) is 0 Å². The van der Waals surface area contributed by atoms with Gasteiger partial charge in [-0.1, -0.05) is 6.07 Å². The number of rotatable bonds is 3. The van der Waals surface area contributed by atoms with Crippen molar-refractivity contribution in [2.45, 2.75) is 32.5 Å². The zero-order chi connectivity index (χ0) is 13.1. The minimum absolute atomic E-state index is 0.159. The fourth-order valence-electron chi connectivity index (χ4n) is 2.38. The first kappa shape index (κ1) is 13.0. The number of carbonyl (C=O) groups excluding carboxylic acids is 1. The van der Waals surface area contributed by atoms with Gasteiger partial charge in [-0.15, -0.1) is 0 Å². The largest absolute Gasteiger partial charge is 0.375 e. The van der Waals surface area contributed by atoms with E-state index in [1.807, 2.05) is 26.0 Å². The van der Waals surface area contributed by atoms with Crippen LogP contribution in [0.15, 0.2) is 18.3 Å². The Balaban J connectivity index is 2.16. The van der Waals surface area contributed by atoms with E-state index >= 15 is 0 Å². The molecule has 98 valence electrons. The topological polar surface area (TPSA) is 68.5 Å². The summed E-state index contributed by atoms with van der Waals surface area (Å²) in [5.41, 5.74) is 7.57. The lowest BCUT2D eigenvalue weighted by Crippen LogP contribution is -2.56. The summed E-state index contributed by atoms with van der Waals surface area (Å²) in [4.78, 5) is 17.9. The molecule has 2 N–H and O–H groups in total. The number of amides is 1. The van der Waals surface area contributed by atoms with E-state index in [2.05, 4.69) is 9.88 Å². The van der Waals surface area contributed by atoms with E-state index in [0.717, 1.165) is 11.3 Å². The number of pyridine rings is 1. The number of aromatic nitrogens is 1. The molecule has 0 bridgehead atoms. The Morgan fingerprint density at radius 1 is 1.67 bits per heavy atom. The van der Waals surface area contributed by atoms with Crippen molar-refractivity contribution in [3.05, 3.63) is 29.6 Å². The lowest BCUT2D eigenvalue weighted by molar-refractivity contribution is -0.136. The van der Waals surface area contributed by atoms with Gasteiger partial charge in [-0.3, -0.25) is 14.7 Å². The molecule has 18 heavy (non-hydrogen) atoms. The summed E-state index contributed by atoms with van der Waals surface area (Å²) in [7, 11) is 0. The van der Waals surface area contributed by atoms with Gasteiger partial charge in [0.15, 0.2) is 0 Å². The number of carbonyl (C=O) groups is 1. The van der Waals surface area contributed by atoms with Gasteiger partial charge in [-0.25, -0.2) is 0 Å². The van der Waals surface area contributed by atoms with Crippen LogP contribution in [-0.4, -0.2) is 41.1 Å². The third-order valence-electron chi connectivity index (χ3n) is 3.38. The molecule has 1 aromatic heterocycles. The predicted molar refractivity (Wildman–Crippen MR) is 67.8 cm³/mol. The fourth-order valence-corrected chi connectivity index (χ4v) is 2.38. The van der Waals surface area contributed by atoms with Crippen molar-refractivity contribution in [1.29, 1.82) is 0 Å². The van der Waals surface area contributed by atoms with Crippen molar-refractivity contribution < 1.29 is 9.53 Å². The van der Waals surface area contributed by atoms with Crippen LogP contribution in [0.4, 0.5) is 0 Å². The molecule has 0 aromatic carbocycles. The molecule has 2 heterocycles. The summed E-state index contributed by atoms with van der Waals surface area (Å²) in [5, 5.41) is 0. The maximum absolute atomic E-state index is 11.5. The molecule has 0 aliphatic carbocycles. The van der Waals surface area contributed by atoms with E-state index in [1.54, 1.807) is 6.20 Å². The van der Waals surface area contributed by atoms with Crippen molar-refractivity contribution in [3.63, 3.8) is 0 Å². The number of primary amides is 1. The molecule has 1 saturated heterocycles. The molecule has 2 rings (SSSR count). The number of nitrogens with zero attached hydrogens (tertiary/aromatic N) is 2. The van der Waals surface area contributed by atoms with Crippen LogP contribution in [0.2, 0.25) is 0 Å². The first-order valence-corrected chi connectivity index (χ1v) is 6.15. The maximum atomic E-state index is 11.5. The van der Waals surface area contributed by atoms with Crippen LogP contribution in [0.1, 0.15) is 18.2 Å². The van der Waals surface area contributed by atoms with Gasteiger partial charge in [0.05, 0.1) is 12.7 Å². The molecule has 1 aliphatic rings. The minimum atomic E-state index is -0.363. The third-order valence-corrected chi connectivity index (χ3v) is 3.38. The Kier molecular flexibility index (Phi) is 3.93. The molecule has 0 spiro atoms. The summed E-state index contributed by atoms with van der Waals surface area (Å²) in [6, 6.07) is 3.57. The number of ether oxygens (including phenoxy) is 1. The normalized spacial score (nSPS) is 25.0. The van der Waals surface area contributed by atoms with Crippen LogP contribution in [0.25, 0.3) is 0 Å². The van der Waals surface area contributed by atoms with Gasteiger partial charge >= 0.3 is 0 Å². The van der Waals surface area contributed by atoms with E-state index in [1.165, 1.54) is 0 Å². The number of aryl methyl sites for hydroxylation is 1. The van der Waals surface area contributed by atoms with E-state index < -0.39 is 0 Å². The van der Waals surface area contributed by atoms with E-state index in [9.17, 15) is 4.79 Å². The number of hydrogen-bond acceptors (Lipinski definition) is 4. The third kappa shape index (κ3) is 2.68. The molecular weight excluding hydrogens is 230 g/mol. The fraction of sp³-hybridized carbons (Fsp3) is 0.538. The molecule has 0 saturated carbocycles. The van der Waals surface area contributed by atoms with Gasteiger partial charge < -0.3 is 10.5 Å². The molecular formula is C13H19N3O2. The summed E-state index contributed by atoms with van der Waals surface area (Å²) < 4.78 is 5.49. The average Bonchev–Trinajstić information content (AvgIpc) is 2.31. The van der Waals surface area contributed by atoms with Gasteiger partial charge in [0.1, 0.15) is 6.04 Å². The highest BCUT2D eigenvalue weighted by molar-refractivity contribution is 5.80. The molecule has 5 heteroatoms. The molecule has 1 fully saturated rings. The monoisotopic (exact) mass is 249 g/mol. The molecule has 0 radical (unpaired) electrons. The number of nitrogens with two attached hydrogens (primary N) is 1. The van der Waals surface area contributed by atoms with Crippen LogP contribution in [-0.2, 0) is 16.1 Å². The van der Waals surface area contributed by atoms with Crippen LogP contribution in [0.3, 0.4) is 0 Å². The van der Waals surface area contributed by atoms with Crippen molar-refractivity contribution >= 4 is 5.91 Å². The van der Waals surface area contributed by atoms with E-state index in [0.29, 0.717) is 19.7 Å². The molecule has 2 atom stereocenters. The van der Waals surface area contributed by atoms with Crippen LogP contribution >= 0.6 is 0 Å². The Labute approximate surface area is 107 Å². The highest BCUT2D eigenvalue weighted by atomic mass is 16.5. The summed E-state index contributed by atoms with van der Waals surface area (Å²) in [6.45, 7) is 5.88. The Morgan fingerprint density at radius 2 is 2.44 bits per heavy atom. The lowest BCUT2D eigenvalue weighted by atomic mass is 10.1. The highest BCUT2D eigenvalue weighted by Gasteiger charge is 2.33. The SMILES string of the molecule is Cc1ncccc1CN1CCO[C@H](C)[C@H]1C(N)=O. The predicted octanol–water partition coefficient (Wildman–Crippen LogP) is 0.465. The minimum Gasteiger partial charge on any atom is -0.375 e. The second-order valence-corrected chi connectivity index (χ2v) is 4.64. The lowest BCUT2D eigenvalue weighted by Gasteiger charge is -2.38. The first-order valence-electron chi connectivity index (χ1n) is 6.15. The second kappa shape index (κ2) is 5.46. The zero-order valence-corrected chi connectivity index (χ0v) is 10.8. The van der Waals surface area contributed by atoms with E-state index in [-0.39, 0.29) is 18.1 Å². The smallest absolute Gasteiger partial charge is 0.237 e. The number of hydrogen-bond donors (Lipinski definition) is 1. The highest BCUT2D eigenvalue weighted by Crippen LogP contribution is 2.18. The van der Waals surface area contributed by atoms with Crippen LogP contribution < -0.4 is 5.73 Å². The Hall–Kier alpha value is -1.46. The number of morpholine rings is 1. The quantitative estimate of drug-likeness (QED) is 0.845. The van der Waals surface area contributed by atoms with Crippen LogP contribution in [0.5, 0.6) is 0 Å². The van der Waals surface area contributed by atoms with Crippen molar-refractivity contribution in [1.82, 2.24) is 9.88 Å². The standard InChI is InChI=1S/C13H19N3O2/c1-9-11(4-3-5-15-9)8-16-6-7-18-10(2)12(16)13(14)17/h3-5,10,12H,6-8H2,1-2H3,(H2,14,17)/t10-,12+/m1/s1. The van der Waals surface area contributed by atoms with Crippen LogP contribution in [0, 0.1) is 6.92 Å². The van der Waals surface area contributed by atoms with Gasteiger partial charge in [-0.2, -0.15) is 0 Å². The molecule has 1 amide bonds. The first-order chi connectivity index (χ1) is 8.59. The Morgan fingerprint density at radius 3 is 3.11 bits per heavy atom. The molecule has 1 aliphatic heterocycles. The summed E-state index contributed by atoms with van der Waals surface area (Å²) >= 11 is 0. The van der Waals surface area contributed by atoms with Crippen molar-refractivity contribution in [2.75, 3.05) is 13.2 Å². The van der Waals surface area contributed by atoms with E-state index in [4.69, 9.17) is 10.5 Å². The zero-order valence-electron chi connectivity index (χ0n) is 10.8. The summed E-state index contributed by atoms with van der Waals surface area (Å²) in [6.07, 6.45) is 1.61. The average molecular weight is 249 g/mol. The van der Waals surface area contributed by atoms with Crippen molar-refractivity contribution in [3.8, 4) is 0 Å². The molecule has 1 aromatic rings. The van der Waals surface area contributed by atoms with Gasteiger partial charge in [0.2, 0.25) is 5.91 Å². The van der Waals surface area contributed by atoms with Gasteiger partial charge in [0, 0.05) is 25.0 Å². The molecule has 0 unspecified atom stereocenters. The maximum Gasteiger partial charge on any atom is 0.237 e. The van der Waals surface area contributed by atoms with Crippen molar-refractivity contribution in [2.24, 2.45) is 5.73 Å². The Bertz CT molecular complexity index is 436. The summed E-state index contributed by atoms with van der Waals surface area (Å²) in [5.74, 6) is -0.330.